The average Bonchev–Trinajstić information content (AvgIpc) is 2.63. The number of piperidine rings is 1. The molecule has 1 saturated heterocycles. The summed E-state index contributed by atoms with van der Waals surface area (Å²) in [6.07, 6.45) is 4.72. The summed E-state index contributed by atoms with van der Waals surface area (Å²) in [5.74, 6) is 0.740. The van der Waals surface area contributed by atoms with Crippen molar-refractivity contribution < 1.29 is 0 Å². The Morgan fingerprint density at radius 1 is 0.786 bits per heavy atom. The molecule has 0 spiro atoms. The third-order valence-corrected chi connectivity index (χ3v) is 7.55. The minimum atomic E-state index is 0.259. The number of hydrogen-bond acceptors (Lipinski definition) is 1. The van der Waals surface area contributed by atoms with Gasteiger partial charge in [-0.1, -0.05) is 36.4 Å². The van der Waals surface area contributed by atoms with Gasteiger partial charge >= 0.3 is 0 Å². The van der Waals surface area contributed by atoms with E-state index in [0.717, 1.165) is 12.1 Å². The fraction of sp³-hybridized carbons (Fsp3) is 0.462. The maximum atomic E-state index is 2.82. The molecule has 3 aromatic rings. The van der Waals surface area contributed by atoms with Crippen molar-refractivity contribution >= 4 is 30.8 Å². The molecule has 0 amide bonds. The van der Waals surface area contributed by atoms with Gasteiger partial charge in [-0.3, -0.25) is 4.90 Å². The van der Waals surface area contributed by atoms with Crippen molar-refractivity contribution in [1.29, 1.82) is 0 Å². The lowest BCUT2D eigenvalue weighted by molar-refractivity contribution is -0.0296. The highest BCUT2D eigenvalue weighted by atomic mass is 31.0. The lowest BCUT2D eigenvalue weighted by atomic mass is 9.72. The molecule has 1 nitrogen and oxygen atoms in total. The molecule has 1 heterocycles. The van der Waals surface area contributed by atoms with Crippen LogP contribution in [0.5, 0.6) is 0 Å². The summed E-state index contributed by atoms with van der Waals surface area (Å²) >= 11 is 0. The molecule has 3 aromatic carbocycles. The van der Waals surface area contributed by atoms with Gasteiger partial charge in [-0.15, -0.1) is 9.24 Å². The van der Waals surface area contributed by atoms with Crippen LogP contribution in [0, 0.1) is 5.92 Å². The summed E-state index contributed by atoms with van der Waals surface area (Å²) in [5, 5.41) is 5.41. The second kappa shape index (κ2) is 7.12. The van der Waals surface area contributed by atoms with Gasteiger partial charge in [0.05, 0.1) is 0 Å². The molecular formula is C26H34NP. The van der Waals surface area contributed by atoms with Crippen molar-refractivity contribution in [2.45, 2.75) is 64.2 Å². The van der Waals surface area contributed by atoms with Crippen LogP contribution in [0.25, 0.3) is 21.5 Å². The minimum Gasteiger partial charge on any atom is -0.296 e. The van der Waals surface area contributed by atoms with Crippen LogP contribution in [0.2, 0.25) is 0 Å². The molecule has 28 heavy (non-hydrogen) atoms. The Hall–Kier alpha value is -1.43. The van der Waals surface area contributed by atoms with Gasteiger partial charge in [0, 0.05) is 11.1 Å². The quantitative estimate of drug-likeness (QED) is 0.350. The predicted molar refractivity (Wildman–Crippen MR) is 127 cm³/mol. The van der Waals surface area contributed by atoms with Crippen molar-refractivity contribution in [2.24, 2.45) is 5.92 Å². The second-order valence-corrected chi connectivity index (χ2v) is 10.5. The summed E-state index contributed by atoms with van der Waals surface area (Å²) < 4.78 is 0. The molecule has 0 N–H and O–H groups in total. The van der Waals surface area contributed by atoms with Crippen LogP contribution in [0.1, 0.15) is 51.7 Å². The fourth-order valence-corrected chi connectivity index (χ4v) is 5.66. The largest absolute Gasteiger partial charge is 0.296 e. The number of rotatable bonds is 3. The molecule has 1 aliphatic rings. The monoisotopic (exact) mass is 391 g/mol. The molecule has 1 unspecified atom stereocenters. The molecule has 0 aliphatic carbocycles. The van der Waals surface area contributed by atoms with Gasteiger partial charge in [-0.05, 0) is 111 Å². The number of nitrogens with zero attached hydrogens (tertiary/aromatic N) is 1. The standard InChI is InChI=1S/C26H34NP/c1-25(2)15-20(16-26(3,4)27(25)5)10-18-6-8-21-14-24-12-19(17-28)7-9-22(24)13-23(21)11-18/h6-9,11-14,20H,10,15-17,28H2,1-5H3. The molecule has 1 fully saturated rings. The summed E-state index contributed by atoms with van der Waals surface area (Å²) in [6, 6.07) is 18.6. The SMILES string of the molecule is CN1C(C)(C)CC(Cc2ccc3cc4cc(CP)ccc4cc3c2)CC1(C)C. The van der Waals surface area contributed by atoms with E-state index in [0.29, 0.717) is 0 Å². The highest BCUT2D eigenvalue weighted by molar-refractivity contribution is 7.15. The van der Waals surface area contributed by atoms with Gasteiger partial charge < -0.3 is 0 Å². The lowest BCUT2D eigenvalue weighted by Gasteiger charge is -2.54. The molecule has 1 aliphatic heterocycles. The molecule has 2 heteroatoms. The summed E-state index contributed by atoms with van der Waals surface area (Å²) in [6.45, 7) is 9.60. The van der Waals surface area contributed by atoms with Gasteiger partial charge in [0.1, 0.15) is 0 Å². The van der Waals surface area contributed by atoms with E-state index in [1.54, 1.807) is 0 Å². The summed E-state index contributed by atoms with van der Waals surface area (Å²) in [5.41, 5.74) is 3.37. The first-order valence-corrected chi connectivity index (χ1v) is 11.4. The van der Waals surface area contributed by atoms with Crippen molar-refractivity contribution in [2.75, 3.05) is 7.05 Å². The third kappa shape index (κ3) is 3.72. The van der Waals surface area contributed by atoms with E-state index in [9.17, 15) is 0 Å². The molecule has 148 valence electrons. The molecule has 0 saturated carbocycles. The van der Waals surface area contributed by atoms with Crippen molar-refractivity contribution in [3.05, 3.63) is 59.7 Å². The highest BCUT2D eigenvalue weighted by Crippen LogP contribution is 2.41. The number of hydrogen-bond donors (Lipinski definition) is 0. The fourth-order valence-electron chi connectivity index (χ4n) is 5.41. The normalized spacial score (nSPS) is 20.1. The highest BCUT2D eigenvalue weighted by Gasteiger charge is 2.42. The van der Waals surface area contributed by atoms with Crippen LogP contribution in [-0.4, -0.2) is 23.0 Å². The topological polar surface area (TPSA) is 3.24 Å². The van der Waals surface area contributed by atoms with Crippen LogP contribution in [0.15, 0.2) is 48.5 Å². The van der Waals surface area contributed by atoms with Crippen LogP contribution in [0.4, 0.5) is 0 Å². The first kappa shape index (κ1) is 19.9. The Morgan fingerprint density at radius 2 is 1.29 bits per heavy atom. The minimum absolute atomic E-state index is 0.259. The van der Waals surface area contributed by atoms with E-state index >= 15 is 0 Å². The van der Waals surface area contributed by atoms with Crippen LogP contribution >= 0.6 is 9.24 Å². The van der Waals surface area contributed by atoms with Gasteiger partial charge in [0.2, 0.25) is 0 Å². The van der Waals surface area contributed by atoms with E-state index in [4.69, 9.17) is 0 Å². The van der Waals surface area contributed by atoms with Gasteiger partial charge in [-0.2, -0.15) is 0 Å². The molecule has 0 aromatic heterocycles. The molecule has 0 radical (unpaired) electrons. The lowest BCUT2D eigenvalue weighted by Crippen LogP contribution is -2.58. The van der Waals surface area contributed by atoms with E-state index in [2.05, 4.69) is 97.4 Å². The Kier molecular flexibility index (Phi) is 5.05. The zero-order valence-corrected chi connectivity index (χ0v) is 19.2. The molecule has 0 bridgehead atoms. The van der Waals surface area contributed by atoms with Gasteiger partial charge in [0.25, 0.3) is 0 Å². The van der Waals surface area contributed by atoms with E-state index in [1.165, 1.54) is 51.9 Å². The predicted octanol–water partition coefficient (Wildman–Crippen LogP) is 6.81. The van der Waals surface area contributed by atoms with Crippen LogP contribution in [0.3, 0.4) is 0 Å². The van der Waals surface area contributed by atoms with Gasteiger partial charge in [-0.25, -0.2) is 0 Å². The first-order chi connectivity index (χ1) is 13.2. The zero-order chi connectivity index (χ0) is 20.1. The second-order valence-electron chi connectivity index (χ2n) is 10.1. The van der Waals surface area contributed by atoms with E-state index < -0.39 is 0 Å². The van der Waals surface area contributed by atoms with Crippen LogP contribution in [-0.2, 0) is 12.6 Å². The average molecular weight is 392 g/mol. The Balaban J connectivity index is 1.63. The van der Waals surface area contributed by atoms with Crippen molar-refractivity contribution in [1.82, 2.24) is 4.90 Å². The zero-order valence-electron chi connectivity index (χ0n) is 18.0. The first-order valence-electron chi connectivity index (χ1n) is 10.6. The number of likely N-dealkylation sites (tertiary alicyclic amines) is 1. The van der Waals surface area contributed by atoms with Crippen molar-refractivity contribution in [3.8, 4) is 0 Å². The van der Waals surface area contributed by atoms with E-state index in [1.807, 2.05) is 0 Å². The third-order valence-electron chi connectivity index (χ3n) is 7.08. The maximum Gasteiger partial charge on any atom is 0.0158 e. The number of benzene rings is 3. The Labute approximate surface area is 172 Å². The molecule has 4 rings (SSSR count). The molecular weight excluding hydrogens is 357 g/mol. The van der Waals surface area contributed by atoms with Crippen molar-refractivity contribution in [3.63, 3.8) is 0 Å². The Bertz CT molecular complexity index is 1000. The molecule has 1 atom stereocenters. The van der Waals surface area contributed by atoms with Gasteiger partial charge in [0.15, 0.2) is 0 Å². The summed E-state index contributed by atoms with van der Waals surface area (Å²) in [7, 11) is 5.11. The van der Waals surface area contributed by atoms with E-state index in [-0.39, 0.29) is 11.1 Å². The number of fused-ring (bicyclic) bond motifs is 2. The summed E-state index contributed by atoms with van der Waals surface area (Å²) in [4.78, 5) is 2.58. The van der Waals surface area contributed by atoms with Crippen LogP contribution < -0.4 is 0 Å². The Morgan fingerprint density at radius 3 is 1.82 bits per heavy atom. The maximum absolute atomic E-state index is 2.82. The smallest absolute Gasteiger partial charge is 0.0158 e.